The number of para-hydroxylation sites is 1. The summed E-state index contributed by atoms with van der Waals surface area (Å²) in [6.07, 6.45) is 12.3. The van der Waals surface area contributed by atoms with Gasteiger partial charge in [0.15, 0.2) is 0 Å². The molecule has 1 aromatic carbocycles. The van der Waals surface area contributed by atoms with Gasteiger partial charge >= 0.3 is 5.97 Å². The highest BCUT2D eigenvalue weighted by atomic mass is 16.5. The molecule has 0 bridgehead atoms. The monoisotopic (exact) mass is 414 g/mol. The molecule has 3 N–H and O–H groups in total. The molecule has 164 valence electrons. The van der Waals surface area contributed by atoms with Crippen molar-refractivity contribution in [2.45, 2.75) is 88.4 Å². The Kier molecular flexibility index (Phi) is 6.79. The maximum atomic E-state index is 11.0. The second kappa shape index (κ2) is 9.52. The summed E-state index contributed by atoms with van der Waals surface area (Å²) in [4.78, 5) is 11.0. The molecule has 1 aromatic rings. The van der Waals surface area contributed by atoms with Gasteiger partial charge in [-0.25, -0.2) is 0 Å². The topological polar surface area (TPSA) is 87.0 Å². The largest absolute Gasteiger partial charge is 0.489 e. The number of hydrogen-bond acceptors (Lipinski definition) is 4. The summed E-state index contributed by atoms with van der Waals surface area (Å²) in [7, 11) is 0. The normalized spacial score (nSPS) is 30.3. The number of hydrogen-bond donors (Lipinski definition) is 3. The van der Waals surface area contributed by atoms with Crippen LogP contribution in [0.1, 0.15) is 74.8 Å². The maximum absolute atomic E-state index is 11.0. The summed E-state index contributed by atoms with van der Waals surface area (Å²) < 4.78 is 6.20. The molecule has 4 rings (SSSR count). The third-order valence-corrected chi connectivity index (χ3v) is 7.26. The van der Waals surface area contributed by atoms with Crippen LogP contribution in [-0.2, 0) is 11.2 Å². The van der Waals surface area contributed by atoms with Crippen LogP contribution in [0.4, 0.5) is 0 Å². The van der Waals surface area contributed by atoms with Crippen molar-refractivity contribution in [2.24, 2.45) is 11.8 Å². The van der Waals surface area contributed by atoms with Crippen LogP contribution >= 0.6 is 0 Å². The minimum absolute atomic E-state index is 0.0561. The number of aliphatic carboxylic acids is 1. The number of carboxylic acids is 1. The predicted octanol–water partition coefficient (Wildman–Crippen LogP) is 4.21. The van der Waals surface area contributed by atoms with Crippen molar-refractivity contribution in [3.8, 4) is 5.75 Å². The van der Waals surface area contributed by atoms with Crippen LogP contribution in [-0.4, -0.2) is 39.6 Å². The minimum atomic E-state index is -0.815. The third kappa shape index (κ3) is 4.57. The highest BCUT2D eigenvalue weighted by molar-refractivity contribution is 5.67. The molecular formula is C25H34O5. The predicted molar refractivity (Wildman–Crippen MR) is 115 cm³/mol. The number of aliphatic hydroxyl groups is 2. The first-order chi connectivity index (χ1) is 14.5. The smallest absolute Gasteiger partial charge is 0.303 e. The fraction of sp³-hybridized carbons (Fsp3) is 0.640. The Hall–Kier alpha value is -1.85. The molecule has 3 aliphatic rings. The third-order valence-electron chi connectivity index (χ3n) is 7.26. The summed E-state index contributed by atoms with van der Waals surface area (Å²) >= 11 is 0. The van der Waals surface area contributed by atoms with Crippen molar-refractivity contribution >= 4 is 5.97 Å². The van der Waals surface area contributed by atoms with E-state index in [9.17, 15) is 15.0 Å². The number of aryl methyl sites for hydroxylation is 1. The lowest BCUT2D eigenvalue weighted by atomic mass is 9.84. The molecule has 1 aliphatic heterocycles. The molecule has 0 aromatic heterocycles. The zero-order chi connectivity index (χ0) is 21.1. The summed E-state index contributed by atoms with van der Waals surface area (Å²) in [6.45, 7) is 0. The molecule has 5 nitrogen and oxygen atoms in total. The Labute approximate surface area is 178 Å². The van der Waals surface area contributed by atoms with Crippen molar-refractivity contribution in [1.82, 2.24) is 0 Å². The van der Waals surface area contributed by atoms with Crippen LogP contribution in [0.15, 0.2) is 30.4 Å². The SMILES string of the molecule is O=C(O)CCc1cccc2c1O[C@H]1C[C@@H](O)C(/C=C/[C@H](O)C3CCCCCCC3)[C@@H]21. The molecule has 2 saturated carbocycles. The van der Waals surface area contributed by atoms with Crippen LogP contribution in [0.2, 0.25) is 0 Å². The standard InChI is InChI=1S/C25H34O5/c26-20(16-7-4-2-1-3-5-8-16)13-12-18-21(27)15-22-24(18)19-10-6-9-17(25(19)30-22)11-14-23(28)29/h6,9-10,12-13,16,18,20-22,24,26-27H,1-5,7-8,11,14-15H2,(H,28,29)/b13-12+/t18?,20-,21+,22-,24-/m0/s1. The van der Waals surface area contributed by atoms with Gasteiger partial charge in [-0.05, 0) is 30.7 Å². The van der Waals surface area contributed by atoms with Crippen LogP contribution in [0.3, 0.4) is 0 Å². The Morgan fingerprint density at radius 2 is 1.90 bits per heavy atom. The lowest BCUT2D eigenvalue weighted by Gasteiger charge is -2.24. The number of carboxylic acid groups (broad SMARTS) is 1. The van der Waals surface area contributed by atoms with Crippen molar-refractivity contribution < 1.29 is 24.9 Å². The molecule has 1 unspecified atom stereocenters. The van der Waals surface area contributed by atoms with Crippen molar-refractivity contribution in [3.63, 3.8) is 0 Å². The van der Waals surface area contributed by atoms with Gasteiger partial charge in [0.2, 0.25) is 0 Å². The second-order valence-electron chi connectivity index (χ2n) is 9.27. The fourth-order valence-corrected chi connectivity index (χ4v) is 5.64. The van der Waals surface area contributed by atoms with Crippen molar-refractivity contribution in [2.75, 3.05) is 0 Å². The van der Waals surface area contributed by atoms with Crippen LogP contribution in [0, 0.1) is 11.8 Å². The van der Waals surface area contributed by atoms with Gasteiger partial charge in [0.1, 0.15) is 11.9 Å². The molecule has 0 spiro atoms. The fourth-order valence-electron chi connectivity index (χ4n) is 5.64. The lowest BCUT2D eigenvalue weighted by Crippen LogP contribution is -2.21. The van der Waals surface area contributed by atoms with Crippen LogP contribution < -0.4 is 4.74 Å². The lowest BCUT2D eigenvalue weighted by molar-refractivity contribution is -0.136. The quantitative estimate of drug-likeness (QED) is 0.607. The molecule has 30 heavy (non-hydrogen) atoms. The Bertz CT molecular complexity index is 765. The first-order valence-electron chi connectivity index (χ1n) is 11.6. The summed E-state index contributed by atoms with van der Waals surface area (Å²) in [5.74, 6) is 0.269. The highest BCUT2D eigenvalue weighted by Gasteiger charge is 2.49. The maximum Gasteiger partial charge on any atom is 0.303 e. The molecule has 5 heteroatoms. The van der Waals surface area contributed by atoms with Crippen LogP contribution in [0.5, 0.6) is 5.75 Å². The van der Waals surface area contributed by atoms with Gasteiger partial charge < -0.3 is 20.1 Å². The molecule has 0 radical (unpaired) electrons. The van der Waals surface area contributed by atoms with E-state index in [4.69, 9.17) is 9.84 Å². The second-order valence-corrected chi connectivity index (χ2v) is 9.27. The molecule has 5 atom stereocenters. The molecule has 1 heterocycles. The average Bonchev–Trinajstić information content (AvgIpc) is 3.19. The average molecular weight is 415 g/mol. The van der Waals surface area contributed by atoms with E-state index in [2.05, 4.69) is 0 Å². The molecule has 0 saturated heterocycles. The number of rotatable bonds is 6. The van der Waals surface area contributed by atoms with Crippen LogP contribution in [0.25, 0.3) is 0 Å². The van der Waals surface area contributed by atoms with E-state index in [0.29, 0.717) is 18.8 Å². The van der Waals surface area contributed by atoms with Gasteiger partial charge in [-0.15, -0.1) is 0 Å². The van der Waals surface area contributed by atoms with E-state index in [1.165, 1.54) is 32.1 Å². The number of fused-ring (bicyclic) bond motifs is 3. The molecule has 2 fully saturated rings. The number of carbonyl (C=O) groups is 1. The highest BCUT2D eigenvalue weighted by Crippen LogP contribution is 2.52. The van der Waals surface area contributed by atoms with Crippen molar-refractivity contribution in [3.05, 3.63) is 41.5 Å². The number of ether oxygens (including phenoxy) is 1. The minimum Gasteiger partial charge on any atom is -0.489 e. The number of aliphatic hydroxyl groups excluding tert-OH is 2. The Morgan fingerprint density at radius 3 is 2.63 bits per heavy atom. The van der Waals surface area contributed by atoms with Gasteiger partial charge in [-0.1, -0.05) is 62.5 Å². The Balaban J connectivity index is 1.48. The molecule has 0 amide bonds. The van der Waals surface area contributed by atoms with E-state index < -0.39 is 18.2 Å². The zero-order valence-corrected chi connectivity index (χ0v) is 17.6. The summed E-state index contributed by atoms with van der Waals surface area (Å²) in [5, 5.41) is 30.5. The number of benzene rings is 1. The summed E-state index contributed by atoms with van der Waals surface area (Å²) in [5.41, 5.74) is 1.99. The van der Waals surface area contributed by atoms with Gasteiger partial charge in [0.25, 0.3) is 0 Å². The van der Waals surface area contributed by atoms with E-state index in [1.807, 2.05) is 30.4 Å². The first kappa shape index (κ1) is 21.4. The van der Waals surface area contributed by atoms with E-state index >= 15 is 0 Å². The van der Waals surface area contributed by atoms with Gasteiger partial charge in [0, 0.05) is 30.2 Å². The summed E-state index contributed by atoms with van der Waals surface area (Å²) in [6, 6.07) is 5.92. The van der Waals surface area contributed by atoms with E-state index in [-0.39, 0.29) is 24.4 Å². The van der Waals surface area contributed by atoms with E-state index in [0.717, 1.165) is 29.7 Å². The zero-order valence-electron chi connectivity index (χ0n) is 17.6. The van der Waals surface area contributed by atoms with Gasteiger partial charge in [0.05, 0.1) is 12.2 Å². The van der Waals surface area contributed by atoms with E-state index in [1.54, 1.807) is 0 Å². The first-order valence-corrected chi connectivity index (χ1v) is 11.6. The van der Waals surface area contributed by atoms with Crippen molar-refractivity contribution in [1.29, 1.82) is 0 Å². The molecule has 2 aliphatic carbocycles. The Morgan fingerprint density at radius 1 is 1.17 bits per heavy atom. The van der Waals surface area contributed by atoms with Gasteiger partial charge in [-0.2, -0.15) is 0 Å². The molecular weight excluding hydrogens is 380 g/mol. The van der Waals surface area contributed by atoms with Gasteiger partial charge in [-0.3, -0.25) is 4.79 Å².